The van der Waals surface area contributed by atoms with E-state index in [1.54, 1.807) is 0 Å². The molecule has 0 radical (unpaired) electrons. The Kier molecular flexibility index (Phi) is 5.23. The highest BCUT2D eigenvalue weighted by atomic mass is 32.2. The van der Waals surface area contributed by atoms with Crippen molar-refractivity contribution in [2.24, 2.45) is 0 Å². The fourth-order valence-electron chi connectivity index (χ4n) is 1.51. The highest BCUT2D eigenvalue weighted by molar-refractivity contribution is 7.91. The third-order valence-electron chi connectivity index (χ3n) is 2.29. The normalized spacial score (nSPS) is 13.2. The largest absolute Gasteiger partial charge is 0.456 e. The van der Waals surface area contributed by atoms with E-state index in [1.807, 2.05) is 52.0 Å². The van der Waals surface area contributed by atoms with E-state index < -0.39 is 16.8 Å². The number of carbonyl (C=O) groups is 1. The Morgan fingerprint density at radius 2 is 1.94 bits per heavy atom. The predicted molar refractivity (Wildman–Crippen MR) is 75.6 cm³/mol. The van der Waals surface area contributed by atoms with E-state index in [9.17, 15) is 9.35 Å². The van der Waals surface area contributed by atoms with Crippen molar-refractivity contribution in [3.05, 3.63) is 35.4 Å². The fraction of sp³-hybridized carbons (Fsp3) is 0.500. The first-order valence-electron chi connectivity index (χ1n) is 5.91. The zero-order valence-electron chi connectivity index (χ0n) is 11.4. The van der Waals surface area contributed by atoms with Gasteiger partial charge in [-0.15, -0.1) is 0 Å². The van der Waals surface area contributed by atoms with Crippen molar-refractivity contribution in [2.75, 3.05) is 5.75 Å². The lowest BCUT2D eigenvalue weighted by atomic mass is 10.1. The van der Waals surface area contributed by atoms with Crippen LogP contribution in [0.5, 0.6) is 0 Å². The maximum absolute atomic E-state index is 11.6. The van der Waals surface area contributed by atoms with Crippen molar-refractivity contribution >= 4 is 17.1 Å². The van der Waals surface area contributed by atoms with Gasteiger partial charge in [-0.25, -0.2) is 4.79 Å². The highest BCUT2D eigenvalue weighted by Gasteiger charge is 2.26. The molecule has 1 rings (SSSR count). The third kappa shape index (κ3) is 5.56. The predicted octanol–water partition coefficient (Wildman–Crippen LogP) is 2.93. The molecule has 0 saturated carbocycles. The van der Waals surface area contributed by atoms with Gasteiger partial charge in [0.15, 0.2) is 16.9 Å². The van der Waals surface area contributed by atoms with Gasteiger partial charge in [0.05, 0.1) is 0 Å². The number of aryl methyl sites for hydroxylation is 1. The SMILES string of the molecule is Cc1ccccc1C[S+](O)CC(=O)OC(C)(C)C. The van der Waals surface area contributed by atoms with E-state index >= 15 is 0 Å². The Labute approximate surface area is 112 Å². The summed E-state index contributed by atoms with van der Waals surface area (Å²) in [7, 11) is 0. The number of benzene rings is 1. The van der Waals surface area contributed by atoms with Crippen LogP contribution in [0.1, 0.15) is 31.9 Å². The number of carbonyl (C=O) groups excluding carboxylic acids is 1. The molecule has 0 heterocycles. The molecular weight excluding hydrogens is 248 g/mol. The Balaban J connectivity index is 2.50. The standard InChI is InChI=1S/C14H21O3S/c1-11-7-5-6-8-12(11)9-18(16)10-13(15)17-14(2,3)4/h5-8,16H,9-10H2,1-4H3/q+1. The van der Waals surface area contributed by atoms with Gasteiger partial charge in [0.1, 0.15) is 5.60 Å². The van der Waals surface area contributed by atoms with Crippen LogP contribution in [0.15, 0.2) is 24.3 Å². The smallest absolute Gasteiger partial charge is 0.360 e. The summed E-state index contributed by atoms with van der Waals surface area (Å²) in [5.74, 6) is 0.222. The van der Waals surface area contributed by atoms with Crippen LogP contribution in [0.25, 0.3) is 0 Å². The Hall–Kier alpha value is -1.00. The van der Waals surface area contributed by atoms with Crippen LogP contribution in [0.2, 0.25) is 0 Å². The molecule has 3 nitrogen and oxygen atoms in total. The maximum atomic E-state index is 11.6. The number of esters is 1. The van der Waals surface area contributed by atoms with E-state index in [0.29, 0.717) is 5.75 Å². The molecule has 18 heavy (non-hydrogen) atoms. The second-order valence-electron chi connectivity index (χ2n) is 5.26. The molecule has 1 unspecified atom stereocenters. The van der Waals surface area contributed by atoms with Crippen LogP contribution in [0, 0.1) is 6.92 Å². The molecule has 0 aromatic heterocycles. The molecule has 0 amide bonds. The zero-order valence-corrected chi connectivity index (χ0v) is 12.2. The topological polar surface area (TPSA) is 46.5 Å². The number of ether oxygens (including phenoxy) is 1. The molecule has 0 aliphatic rings. The number of rotatable bonds is 4. The van der Waals surface area contributed by atoms with Crippen molar-refractivity contribution in [3.8, 4) is 0 Å². The summed E-state index contributed by atoms with van der Waals surface area (Å²) < 4.78 is 15.1. The van der Waals surface area contributed by atoms with Crippen molar-refractivity contribution in [1.82, 2.24) is 0 Å². The minimum atomic E-state index is -0.971. The van der Waals surface area contributed by atoms with Crippen LogP contribution >= 0.6 is 0 Å². The number of hydrogen-bond acceptors (Lipinski definition) is 3. The van der Waals surface area contributed by atoms with Crippen molar-refractivity contribution < 1.29 is 14.1 Å². The second-order valence-corrected chi connectivity index (χ2v) is 6.77. The van der Waals surface area contributed by atoms with Gasteiger partial charge in [0.2, 0.25) is 5.75 Å². The van der Waals surface area contributed by atoms with Gasteiger partial charge in [-0.05, 0) is 33.3 Å². The molecule has 0 saturated heterocycles. The quantitative estimate of drug-likeness (QED) is 0.675. The summed E-state index contributed by atoms with van der Waals surface area (Å²) in [6, 6.07) is 7.87. The summed E-state index contributed by atoms with van der Waals surface area (Å²) >= 11 is -0.971. The third-order valence-corrected chi connectivity index (χ3v) is 3.50. The van der Waals surface area contributed by atoms with Gasteiger partial charge in [0.25, 0.3) is 0 Å². The molecule has 0 aliphatic heterocycles. The lowest BCUT2D eigenvalue weighted by Gasteiger charge is -2.18. The lowest BCUT2D eigenvalue weighted by molar-refractivity contribution is -0.151. The lowest BCUT2D eigenvalue weighted by Crippen LogP contribution is -2.29. The highest BCUT2D eigenvalue weighted by Crippen LogP contribution is 2.13. The van der Waals surface area contributed by atoms with Gasteiger partial charge in [-0.3, -0.25) is 0 Å². The molecule has 0 aliphatic carbocycles. The zero-order chi connectivity index (χ0) is 13.8. The van der Waals surface area contributed by atoms with Gasteiger partial charge in [0, 0.05) is 5.56 Å². The van der Waals surface area contributed by atoms with Crippen LogP contribution in [0.3, 0.4) is 0 Å². The average molecular weight is 269 g/mol. The van der Waals surface area contributed by atoms with Gasteiger partial charge in [-0.1, -0.05) is 24.3 Å². The van der Waals surface area contributed by atoms with Crippen molar-refractivity contribution in [1.29, 1.82) is 0 Å². The van der Waals surface area contributed by atoms with Crippen LogP contribution in [-0.4, -0.2) is 21.9 Å². The summed E-state index contributed by atoms with van der Waals surface area (Å²) in [5.41, 5.74) is 1.71. The first-order chi connectivity index (χ1) is 8.28. The summed E-state index contributed by atoms with van der Waals surface area (Å²) in [6.45, 7) is 7.46. The summed E-state index contributed by atoms with van der Waals surface area (Å²) in [6.07, 6.45) is 0. The van der Waals surface area contributed by atoms with Gasteiger partial charge >= 0.3 is 5.97 Å². The molecule has 0 bridgehead atoms. The van der Waals surface area contributed by atoms with E-state index in [2.05, 4.69) is 0 Å². The summed E-state index contributed by atoms with van der Waals surface area (Å²) in [5, 5.41) is 0. The molecule has 0 fully saturated rings. The van der Waals surface area contributed by atoms with E-state index in [-0.39, 0.29) is 11.7 Å². The Morgan fingerprint density at radius 3 is 2.50 bits per heavy atom. The van der Waals surface area contributed by atoms with Crippen molar-refractivity contribution in [3.63, 3.8) is 0 Å². The first kappa shape index (κ1) is 15.1. The van der Waals surface area contributed by atoms with Crippen molar-refractivity contribution in [2.45, 2.75) is 39.0 Å². The van der Waals surface area contributed by atoms with Crippen LogP contribution < -0.4 is 0 Å². The van der Waals surface area contributed by atoms with Crippen LogP contribution in [-0.2, 0) is 26.5 Å². The second kappa shape index (κ2) is 6.25. The molecule has 1 atom stereocenters. The average Bonchev–Trinajstić information content (AvgIpc) is 2.18. The Bertz CT molecular complexity index is 410. The van der Waals surface area contributed by atoms with E-state index in [4.69, 9.17) is 4.74 Å². The van der Waals surface area contributed by atoms with E-state index in [0.717, 1.165) is 11.1 Å². The van der Waals surface area contributed by atoms with Crippen LogP contribution in [0.4, 0.5) is 0 Å². The van der Waals surface area contributed by atoms with E-state index in [1.165, 1.54) is 0 Å². The minimum Gasteiger partial charge on any atom is -0.456 e. The molecule has 4 heteroatoms. The maximum Gasteiger partial charge on any atom is 0.360 e. The fourth-order valence-corrected chi connectivity index (χ4v) is 2.63. The molecule has 0 spiro atoms. The Morgan fingerprint density at radius 1 is 1.33 bits per heavy atom. The minimum absolute atomic E-state index is 0.0611. The summed E-state index contributed by atoms with van der Waals surface area (Å²) in [4.78, 5) is 11.6. The number of hydrogen-bond donors (Lipinski definition) is 1. The first-order valence-corrected chi connectivity index (χ1v) is 7.43. The molecule has 100 valence electrons. The molecule has 1 aromatic carbocycles. The molecule has 1 N–H and O–H groups in total. The van der Waals surface area contributed by atoms with Gasteiger partial charge < -0.3 is 4.74 Å². The monoisotopic (exact) mass is 269 g/mol. The molecular formula is C14H21O3S+. The molecule has 1 aromatic rings. The van der Waals surface area contributed by atoms with Gasteiger partial charge in [-0.2, -0.15) is 4.55 Å².